The molecular formula is C24H16ClN3. The van der Waals surface area contributed by atoms with Crippen molar-refractivity contribution < 1.29 is 0 Å². The molecule has 0 N–H and O–H groups in total. The van der Waals surface area contributed by atoms with E-state index in [-0.39, 0.29) is 5.28 Å². The van der Waals surface area contributed by atoms with Crippen molar-refractivity contribution in [1.29, 1.82) is 0 Å². The van der Waals surface area contributed by atoms with E-state index in [0.29, 0.717) is 11.6 Å². The van der Waals surface area contributed by atoms with E-state index >= 15 is 0 Å². The van der Waals surface area contributed by atoms with Crippen LogP contribution in [0.3, 0.4) is 0 Å². The smallest absolute Gasteiger partial charge is 0.208 e. The van der Waals surface area contributed by atoms with E-state index in [9.17, 15) is 0 Å². The van der Waals surface area contributed by atoms with E-state index in [2.05, 4.69) is 71.5 Å². The van der Waals surface area contributed by atoms with Crippen LogP contribution in [0.2, 0.25) is 5.28 Å². The number of aryl methyl sites for hydroxylation is 1. The maximum absolute atomic E-state index is 6.25. The number of aromatic nitrogens is 3. The molecule has 0 fully saturated rings. The highest BCUT2D eigenvalue weighted by molar-refractivity contribution is 6.28. The van der Waals surface area contributed by atoms with Gasteiger partial charge < -0.3 is 0 Å². The molecule has 1 heterocycles. The second-order valence-electron chi connectivity index (χ2n) is 6.88. The van der Waals surface area contributed by atoms with Crippen LogP contribution in [0.5, 0.6) is 0 Å². The van der Waals surface area contributed by atoms with Crippen LogP contribution < -0.4 is 0 Å². The first-order chi connectivity index (χ1) is 13.7. The fraction of sp³-hybridized carbons (Fsp3) is 0.0417. The fourth-order valence-corrected chi connectivity index (χ4v) is 3.60. The number of hydrogen-bond donors (Lipinski definition) is 0. The summed E-state index contributed by atoms with van der Waals surface area (Å²) in [5, 5.41) is 4.85. The van der Waals surface area contributed by atoms with Gasteiger partial charge in [-0.15, -0.1) is 0 Å². The molecular weight excluding hydrogens is 366 g/mol. The Morgan fingerprint density at radius 2 is 1.14 bits per heavy atom. The van der Waals surface area contributed by atoms with Crippen LogP contribution in [0.1, 0.15) is 5.56 Å². The molecule has 0 amide bonds. The number of fused-ring (bicyclic) bond motifs is 2. The van der Waals surface area contributed by atoms with Gasteiger partial charge in [-0.2, -0.15) is 9.97 Å². The Balaban J connectivity index is 1.64. The van der Waals surface area contributed by atoms with E-state index in [1.165, 1.54) is 16.3 Å². The number of benzene rings is 4. The molecule has 28 heavy (non-hydrogen) atoms. The van der Waals surface area contributed by atoms with Gasteiger partial charge in [0.2, 0.25) is 5.28 Å². The Kier molecular flexibility index (Phi) is 4.03. The number of halogens is 1. The maximum Gasteiger partial charge on any atom is 0.226 e. The van der Waals surface area contributed by atoms with Gasteiger partial charge in [-0.25, -0.2) is 4.98 Å². The monoisotopic (exact) mass is 381 g/mol. The minimum Gasteiger partial charge on any atom is -0.208 e. The van der Waals surface area contributed by atoms with Crippen molar-refractivity contribution in [2.24, 2.45) is 0 Å². The van der Waals surface area contributed by atoms with Crippen molar-refractivity contribution in [3.05, 3.63) is 89.7 Å². The predicted molar refractivity (Wildman–Crippen MR) is 115 cm³/mol. The average Bonchev–Trinajstić information content (AvgIpc) is 2.72. The lowest BCUT2D eigenvalue weighted by Gasteiger charge is -2.07. The third-order valence-electron chi connectivity index (χ3n) is 4.87. The average molecular weight is 382 g/mol. The first-order valence-corrected chi connectivity index (χ1v) is 9.45. The largest absolute Gasteiger partial charge is 0.226 e. The van der Waals surface area contributed by atoms with Crippen LogP contribution in [0.15, 0.2) is 78.9 Å². The lowest BCUT2D eigenvalue weighted by atomic mass is 10.0. The summed E-state index contributed by atoms with van der Waals surface area (Å²) >= 11 is 6.25. The van der Waals surface area contributed by atoms with Crippen molar-refractivity contribution >= 4 is 33.1 Å². The first kappa shape index (κ1) is 16.8. The topological polar surface area (TPSA) is 38.7 Å². The minimum atomic E-state index is 0.192. The Bertz CT molecular complexity index is 1340. The second-order valence-corrected chi connectivity index (χ2v) is 7.22. The Labute approximate surface area is 167 Å². The third kappa shape index (κ3) is 3.10. The van der Waals surface area contributed by atoms with Gasteiger partial charge in [-0.3, -0.25) is 0 Å². The molecule has 4 aromatic carbocycles. The van der Waals surface area contributed by atoms with Crippen LogP contribution in [0.25, 0.3) is 44.3 Å². The van der Waals surface area contributed by atoms with Gasteiger partial charge in [-0.1, -0.05) is 72.3 Å². The van der Waals surface area contributed by atoms with E-state index in [4.69, 9.17) is 16.6 Å². The molecule has 0 unspecified atom stereocenters. The van der Waals surface area contributed by atoms with Crippen molar-refractivity contribution in [2.75, 3.05) is 0 Å². The molecule has 0 radical (unpaired) electrons. The van der Waals surface area contributed by atoms with E-state index < -0.39 is 0 Å². The SMILES string of the molecule is Cc1ccc2ccc(-c3nc(Cl)nc(-c4ccc5ccccc5c4)n3)cc2c1. The Hall–Kier alpha value is -3.30. The van der Waals surface area contributed by atoms with E-state index in [1.54, 1.807) is 0 Å². The Morgan fingerprint density at radius 3 is 1.86 bits per heavy atom. The summed E-state index contributed by atoms with van der Waals surface area (Å²) in [6, 6.07) is 27.0. The van der Waals surface area contributed by atoms with Crippen molar-refractivity contribution in [3.63, 3.8) is 0 Å². The molecule has 5 aromatic rings. The zero-order valence-corrected chi connectivity index (χ0v) is 16.0. The van der Waals surface area contributed by atoms with Gasteiger partial charge in [0.05, 0.1) is 0 Å². The number of rotatable bonds is 2. The molecule has 0 aliphatic rings. The predicted octanol–water partition coefficient (Wildman–Crippen LogP) is 6.47. The zero-order chi connectivity index (χ0) is 19.1. The fourth-order valence-electron chi connectivity index (χ4n) is 3.44. The highest BCUT2D eigenvalue weighted by Crippen LogP contribution is 2.27. The standard InChI is InChI=1S/C24H16ClN3/c1-15-6-7-17-9-11-20(14-21(17)12-15)23-26-22(27-24(25)28-23)19-10-8-16-4-2-3-5-18(16)13-19/h2-14H,1H3. The van der Waals surface area contributed by atoms with Crippen molar-refractivity contribution in [1.82, 2.24) is 15.0 Å². The van der Waals surface area contributed by atoms with Gasteiger partial charge in [0.25, 0.3) is 0 Å². The molecule has 3 nitrogen and oxygen atoms in total. The highest BCUT2D eigenvalue weighted by atomic mass is 35.5. The van der Waals surface area contributed by atoms with Gasteiger partial charge in [-0.05, 0) is 52.2 Å². The van der Waals surface area contributed by atoms with E-state index in [1.807, 2.05) is 24.3 Å². The van der Waals surface area contributed by atoms with Crippen molar-refractivity contribution in [2.45, 2.75) is 6.92 Å². The molecule has 134 valence electrons. The summed E-state index contributed by atoms with van der Waals surface area (Å²) in [5.74, 6) is 1.15. The summed E-state index contributed by atoms with van der Waals surface area (Å²) in [4.78, 5) is 13.4. The summed E-state index contributed by atoms with van der Waals surface area (Å²) < 4.78 is 0. The molecule has 0 saturated heterocycles. The first-order valence-electron chi connectivity index (χ1n) is 9.07. The zero-order valence-electron chi connectivity index (χ0n) is 15.2. The molecule has 1 aromatic heterocycles. The second kappa shape index (κ2) is 6.70. The molecule has 0 atom stereocenters. The molecule has 4 heteroatoms. The van der Waals surface area contributed by atoms with Gasteiger partial charge in [0, 0.05) is 11.1 Å². The quantitative estimate of drug-likeness (QED) is 0.351. The summed E-state index contributed by atoms with van der Waals surface area (Å²) in [5.41, 5.74) is 3.06. The van der Waals surface area contributed by atoms with Crippen LogP contribution >= 0.6 is 11.6 Å². The molecule has 0 saturated carbocycles. The van der Waals surface area contributed by atoms with Crippen LogP contribution in [0.4, 0.5) is 0 Å². The Morgan fingerprint density at radius 1 is 0.571 bits per heavy atom. The summed E-state index contributed by atoms with van der Waals surface area (Å²) in [7, 11) is 0. The van der Waals surface area contributed by atoms with Crippen LogP contribution in [0, 0.1) is 6.92 Å². The van der Waals surface area contributed by atoms with Gasteiger partial charge in [0.1, 0.15) is 0 Å². The third-order valence-corrected chi connectivity index (χ3v) is 5.04. The lowest BCUT2D eigenvalue weighted by Crippen LogP contribution is -1.97. The van der Waals surface area contributed by atoms with E-state index in [0.717, 1.165) is 21.9 Å². The normalized spacial score (nSPS) is 11.2. The van der Waals surface area contributed by atoms with Crippen molar-refractivity contribution in [3.8, 4) is 22.8 Å². The minimum absolute atomic E-state index is 0.192. The maximum atomic E-state index is 6.25. The van der Waals surface area contributed by atoms with Crippen LogP contribution in [-0.2, 0) is 0 Å². The molecule has 0 aliphatic heterocycles. The lowest BCUT2D eigenvalue weighted by molar-refractivity contribution is 1.07. The number of hydrogen-bond acceptors (Lipinski definition) is 3. The summed E-state index contributed by atoms with van der Waals surface area (Å²) in [6.07, 6.45) is 0. The molecule has 0 spiro atoms. The van der Waals surface area contributed by atoms with Gasteiger partial charge in [0.15, 0.2) is 11.6 Å². The van der Waals surface area contributed by atoms with Crippen LogP contribution in [-0.4, -0.2) is 15.0 Å². The molecule has 5 rings (SSSR count). The highest BCUT2D eigenvalue weighted by Gasteiger charge is 2.10. The molecule has 0 aliphatic carbocycles. The van der Waals surface area contributed by atoms with Gasteiger partial charge >= 0.3 is 0 Å². The number of nitrogens with zero attached hydrogens (tertiary/aromatic N) is 3. The molecule has 0 bridgehead atoms. The summed E-state index contributed by atoms with van der Waals surface area (Å²) in [6.45, 7) is 2.09.